The van der Waals surface area contributed by atoms with Crippen LogP contribution in [0.4, 0.5) is 4.39 Å². The number of halogens is 2. The van der Waals surface area contributed by atoms with E-state index >= 15 is 0 Å². The third kappa shape index (κ3) is 5.71. The summed E-state index contributed by atoms with van der Waals surface area (Å²) in [6.45, 7) is 3.85. The number of carboxylic acids is 1. The average Bonchev–Trinajstić information content (AvgIpc) is 2.38. The van der Waals surface area contributed by atoms with Crippen LogP contribution in [0.1, 0.15) is 25.8 Å². The molecule has 0 aliphatic rings. The Hall–Kier alpha value is -1.62. The summed E-state index contributed by atoms with van der Waals surface area (Å²) in [6.07, 6.45) is 0.260. The number of carboxylic acid groups (broad SMARTS) is 1. The van der Waals surface area contributed by atoms with Crippen molar-refractivity contribution in [3.63, 3.8) is 0 Å². The molecule has 1 atom stereocenters. The Kier molecular flexibility index (Phi) is 6.62. The molecule has 1 unspecified atom stereocenters. The van der Waals surface area contributed by atoms with E-state index < -0.39 is 23.6 Å². The van der Waals surface area contributed by atoms with Gasteiger partial charge in [0, 0.05) is 17.1 Å². The molecule has 21 heavy (non-hydrogen) atoms. The van der Waals surface area contributed by atoms with Crippen molar-refractivity contribution in [2.45, 2.75) is 26.7 Å². The van der Waals surface area contributed by atoms with Crippen LogP contribution in [0, 0.1) is 17.7 Å². The highest BCUT2D eigenvalue weighted by molar-refractivity contribution is 6.31. The molecule has 0 aromatic heterocycles. The van der Waals surface area contributed by atoms with Gasteiger partial charge in [0.25, 0.3) is 0 Å². The van der Waals surface area contributed by atoms with Gasteiger partial charge in [-0.1, -0.05) is 31.5 Å². The summed E-state index contributed by atoms with van der Waals surface area (Å²) in [5.41, 5.74) is 0.118. The number of benzene rings is 1. The maximum Gasteiger partial charge on any atom is 0.308 e. The second-order valence-corrected chi connectivity index (χ2v) is 5.75. The summed E-state index contributed by atoms with van der Waals surface area (Å²) in [7, 11) is 0. The summed E-state index contributed by atoms with van der Waals surface area (Å²) in [5, 5.41) is 11.8. The molecule has 0 bridgehead atoms. The van der Waals surface area contributed by atoms with Gasteiger partial charge in [0.2, 0.25) is 5.91 Å². The van der Waals surface area contributed by atoms with E-state index in [2.05, 4.69) is 5.32 Å². The Labute approximate surface area is 128 Å². The molecule has 2 N–H and O–H groups in total. The molecule has 0 saturated carbocycles. The molecule has 0 saturated heterocycles. The van der Waals surface area contributed by atoms with Crippen LogP contribution < -0.4 is 5.32 Å². The zero-order chi connectivity index (χ0) is 16.0. The first-order valence-electron chi connectivity index (χ1n) is 6.73. The summed E-state index contributed by atoms with van der Waals surface area (Å²) >= 11 is 5.84. The zero-order valence-corrected chi connectivity index (χ0v) is 12.8. The Morgan fingerprint density at radius 1 is 1.38 bits per heavy atom. The molecule has 1 rings (SSSR count). The number of hydrogen-bond acceptors (Lipinski definition) is 2. The zero-order valence-electron chi connectivity index (χ0n) is 12.0. The topological polar surface area (TPSA) is 66.4 Å². The number of amides is 1. The first-order valence-corrected chi connectivity index (χ1v) is 7.11. The van der Waals surface area contributed by atoms with Crippen LogP contribution in [-0.4, -0.2) is 23.5 Å². The SMILES string of the molecule is CC(C)CC(CNC(=O)Cc1c(F)cccc1Cl)C(=O)O. The number of carbonyl (C=O) groups excluding carboxylic acids is 1. The Bertz CT molecular complexity index is 499. The molecule has 0 aliphatic carbocycles. The normalized spacial score (nSPS) is 12.2. The number of aliphatic carboxylic acids is 1. The van der Waals surface area contributed by atoms with Gasteiger partial charge < -0.3 is 10.4 Å². The molecular weight excluding hydrogens is 297 g/mol. The number of nitrogens with one attached hydrogen (secondary N) is 1. The predicted molar refractivity (Wildman–Crippen MR) is 78.7 cm³/mol. The van der Waals surface area contributed by atoms with Gasteiger partial charge in [-0.15, -0.1) is 0 Å². The fourth-order valence-corrected chi connectivity index (χ4v) is 2.23. The van der Waals surface area contributed by atoms with Crippen molar-refractivity contribution in [3.8, 4) is 0 Å². The number of rotatable bonds is 7. The second kappa shape index (κ2) is 7.98. The van der Waals surface area contributed by atoms with Crippen molar-refractivity contribution >= 4 is 23.5 Å². The van der Waals surface area contributed by atoms with Crippen LogP contribution in [0.3, 0.4) is 0 Å². The van der Waals surface area contributed by atoms with Crippen LogP contribution in [0.2, 0.25) is 5.02 Å². The quantitative estimate of drug-likeness (QED) is 0.813. The van der Waals surface area contributed by atoms with E-state index in [1.165, 1.54) is 18.2 Å². The van der Waals surface area contributed by atoms with Crippen LogP contribution in [0.15, 0.2) is 18.2 Å². The first kappa shape index (κ1) is 17.4. The molecule has 0 heterocycles. The van der Waals surface area contributed by atoms with Crippen LogP contribution >= 0.6 is 11.6 Å². The molecular formula is C15H19ClFNO3. The highest BCUT2D eigenvalue weighted by Gasteiger charge is 2.20. The van der Waals surface area contributed by atoms with E-state index in [1.807, 2.05) is 13.8 Å². The monoisotopic (exact) mass is 315 g/mol. The van der Waals surface area contributed by atoms with Gasteiger partial charge in [0.1, 0.15) is 5.82 Å². The molecule has 0 radical (unpaired) electrons. The first-order chi connectivity index (χ1) is 9.81. The minimum atomic E-state index is -0.951. The second-order valence-electron chi connectivity index (χ2n) is 5.35. The Morgan fingerprint density at radius 2 is 2.05 bits per heavy atom. The van der Waals surface area contributed by atoms with Crippen molar-refractivity contribution in [1.82, 2.24) is 5.32 Å². The minimum Gasteiger partial charge on any atom is -0.481 e. The highest BCUT2D eigenvalue weighted by Crippen LogP contribution is 2.19. The van der Waals surface area contributed by atoms with Crippen molar-refractivity contribution < 1.29 is 19.1 Å². The Morgan fingerprint density at radius 3 is 2.57 bits per heavy atom. The number of hydrogen-bond donors (Lipinski definition) is 2. The lowest BCUT2D eigenvalue weighted by Gasteiger charge is -2.15. The van der Waals surface area contributed by atoms with Crippen LogP contribution in [-0.2, 0) is 16.0 Å². The lowest BCUT2D eigenvalue weighted by molar-refractivity contribution is -0.142. The van der Waals surface area contributed by atoms with Gasteiger partial charge in [-0.3, -0.25) is 9.59 Å². The fourth-order valence-electron chi connectivity index (χ4n) is 2.00. The summed E-state index contributed by atoms with van der Waals surface area (Å²) in [5.74, 6) is -2.38. The van der Waals surface area contributed by atoms with Crippen molar-refractivity contribution in [2.24, 2.45) is 11.8 Å². The van der Waals surface area contributed by atoms with Gasteiger partial charge in [0.15, 0.2) is 0 Å². The van der Waals surface area contributed by atoms with Crippen LogP contribution in [0.5, 0.6) is 0 Å². The van der Waals surface area contributed by atoms with Gasteiger partial charge in [-0.05, 0) is 24.5 Å². The standard InChI is InChI=1S/C15H19ClFNO3/c1-9(2)6-10(15(20)21)8-18-14(19)7-11-12(16)4-3-5-13(11)17/h3-5,9-10H,6-8H2,1-2H3,(H,18,19)(H,20,21). The third-order valence-corrected chi connectivity index (χ3v) is 3.40. The Balaban J connectivity index is 2.59. The van der Waals surface area contributed by atoms with Crippen molar-refractivity contribution in [3.05, 3.63) is 34.6 Å². The van der Waals surface area contributed by atoms with E-state index in [9.17, 15) is 14.0 Å². The molecule has 0 fully saturated rings. The largest absolute Gasteiger partial charge is 0.481 e. The molecule has 4 nitrogen and oxygen atoms in total. The van der Waals surface area contributed by atoms with Gasteiger partial charge in [-0.25, -0.2) is 4.39 Å². The summed E-state index contributed by atoms with van der Waals surface area (Å²) < 4.78 is 13.6. The maximum absolute atomic E-state index is 13.6. The van der Waals surface area contributed by atoms with E-state index in [0.717, 1.165) is 0 Å². The molecule has 116 valence electrons. The van der Waals surface area contributed by atoms with E-state index in [0.29, 0.717) is 6.42 Å². The third-order valence-electron chi connectivity index (χ3n) is 3.05. The lowest BCUT2D eigenvalue weighted by atomic mass is 9.97. The molecule has 1 aromatic carbocycles. The fraction of sp³-hybridized carbons (Fsp3) is 0.467. The van der Waals surface area contributed by atoms with Gasteiger partial charge >= 0.3 is 5.97 Å². The van der Waals surface area contributed by atoms with Crippen molar-refractivity contribution in [1.29, 1.82) is 0 Å². The lowest BCUT2D eigenvalue weighted by Crippen LogP contribution is -2.34. The van der Waals surface area contributed by atoms with Gasteiger partial charge in [-0.2, -0.15) is 0 Å². The predicted octanol–water partition coefficient (Wildman–Crippen LogP) is 2.88. The highest BCUT2D eigenvalue weighted by atomic mass is 35.5. The molecule has 0 spiro atoms. The molecule has 1 amide bonds. The minimum absolute atomic E-state index is 0.0262. The molecule has 6 heteroatoms. The average molecular weight is 316 g/mol. The van der Waals surface area contributed by atoms with E-state index in [-0.39, 0.29) is 29.5 Å². The number of carbonyl (C=O) groups is 2. The smallest absolute Gasteiger partial charge is 0.308 e. The van der Waals surface area contributed by atoms with Crippen LogP contribution in [0.25, 0.3) is 0 Å². The van der Waals surface area contributed by atoms with E-state index in [4.69, 9.17) is 16.7 Å². The summed E-state index contributed by atoms with van der Waals surface area (Å²) in [6, 6.07) is 4.20. The maximum atomic E-state index is 13.6. The molecule has 0 aliphatic heterocycles. The van der Waals surface area contributed by atoms with E-state index in [1.54, 1.807) is 0 Å². The van der Waals surface area contributed by atoms with Gasteiger partial charge in [0.05, 0.1) is 12.3 Å². The van der Waals surface area contributed by atoms with Crippen molar-refractivity contribution in [2.75, 3.05) is 6.54 Å². The molecule has 1 aromatic rings. The summed E-state index contributed by atoms with van der Waals surface area (Å²) in [4.78, 5) is 22.9.